The molecule has 1 amide bonds. The van der Waals surface area contributed by atoms with E-state index in [1.54, 1.807) is 11.1 Å². The number of pyridine rings is 1. The molecule has 1 aromatic heterocycles. The highest BCUT2D eigenvalue weighted by Gasteiger charge is 2.26. The lowest BCUT2D eigenvalue weighted by Gasteiger charge is -2.29. The van der Waals surface area contributed by atoms with Crippen LogP contribution < -0.4 is 14.8 Å². The average Bonchev–Trinajstić information content (AvgIpc) is 2.79. The first-order chi connectivity index (χ1) is 14.2. The molecule has 7 heteroatoms. The van der Waals surface area contributed by atoms with Crippen molar-refractivity contribution in [2.75, 3.05) is 32.8 Å². The first-order valence-corrected chi connectivity index (χ1v) is 10.2. The van der Waals surface area contributed by atoms with Gasteiger partial charge < -0.3 is 24.8 Å². The van der Waals surface area contributed by atoms with E-state index in [4.69, 9.17) is 9.47 Å². The van der Waals surface area contributed by atoms with Crippen LogP contribution in [0.2, 0.25) is 0 Å². The van der Waals surface area contributed by atoms with Gasteiger partial charge in [0.2, 0.25) is 5.91 Å². The Morgan fingerprint density at radius 1 is 1.21 bits per heavy atom. The van der Waals surface area contributed by atoms with Gasteiger partial charge in [0.15, 0.2) is 11.9 Å². The van der Waals surface area contributed by atoms with Gasteiger partial charge in [0.05, 0.1) is 6.61 Å². The number of hydrogen-bond acceptors (Lipinski definition) is 6. The van der Waals surface area contributed by atoms with Crippen molar-refractivity contribution < 1.29 is 19.4 Å². The van der Waals surface area contributed by atoms with Crippen molar-refractivity contribution in [2.45, 2.75) is 25.5 Å². The lowest BCUT2D eigenvalue weighted by molar-refractivity contribution is -0.137. The summed E-state index contributed by atoms with van der Waals surface area (Å²) in [6.45, 7) is 3.00. The highest BCUT2D eigenvalue weighted by Crippen LogP contribution is 2.34. The van der Waals surface area contributed by atoms with E-state index in [0.29, 0.717) is 31.3 Å². The standard InChI is InChI=1S/C22H27N3O4/c26-13-12-25(22(27)18-7-10-23-11-8-18)14-16-3-5-17(6-4-16)20-15-28-19-2-1-9-24-21(19)29-20/h1-6,9,18,20,23,26H,7-8,10-15H2/t20-/m1/s1. The highest BCUT2D eigenvalue weighted by molar-refractivity contribution is 5.79. The van der Waals surface area contributed by atoms with Gasteiger partial charge in [0, 0.05) is 25.2 Å². The van der Waals surface area contributed by atoms with Crippen LogP contribution >= 0.6 is 0 Å². The number of hydrogen-bond donors (Lipinski definition) is 2. The van der Waals surface area contributed by atoms with Gasteiger partial charge >= 0.3 is 0 Å². The third kappa shape index (κ3) is 4.68. The number of nitrogens with zero attached hydrogens (tertiary/aromatic N) is 2. The summed E-state index contributed by atoms with van der Waals surface area (Å²) in [6, 6.07) is 11.7. The number of amides is 1. The molecule has 0 spiro atoms. The van der Waals surface area contributed by atoms with E-state index >= 15 is 0 Å². The minimum Gasteiger partial charge on any atom is -0.484 e. The number of carbonyl (C=O) groups is 1. The van der Waals surface area contributed by atoms with E-state index in [-0.39, 0.29) is 24.5 Å². The van der Waals surface area contributed by atoms with Crippen molar-refractivity contribution >= 4 is 5.91 Å². The third-order valence-corrected chi connectivity index (χ3v) is 5.48. The molecule has 3 heterocycles. The van der Waals surface area contributed by atoms with Crippen LogP contribution in [0.15, 0.2) is 42.6 Å². The van der Waals surface area contributed by atoms with E-state index in [1.807, 2.05) is 36.4 Å². The van der Waals surface area contributed by atoms with Crippen LogP contribution in [0.3, 0.4) is 0 Å². The maximum atomic E-state index is 12.9. The van der Waals surface area contributed by atoms with Gasteiger partial charge in [-0.3, -0.25) is 4.79 Å². The normalized spacial score (nSPS) is 19.0. The minimum atomic E-state index is -0.212. The van der Waals surface area contributed by atoms with E-state index in [0.717, 1.165) is 37.1 Å². The maximum absolute atomic E-state index is 12.9. The highest BCUT2D eigenvalue weighted by atomic mass is 16.6. The minimum absolute atomic E-state index is 0.0333. The number of fused-ring (bicyclic) bond motifs is 1. The Kier molecular flexibility index (Phi) is 6.27. The monoisotopic (exact) mass is 397 g/mol. The first-order valence-electron chi connectivity index (χ1n) is 10.2. The molecule has 154 valence electrons. The molecule has 1 aromatic carbocycles. The molecule has 2 aliphatic rings. The number of carbonyl (C=O) groups excluding carboxylic acids is 1. The van der Waals surface area contributed by atoms with Crippen molar-refractivity contribution in [3.8, 4) is 11.6 Å². The molecule has 0 saturated carbocycles. The zero-order chi connectivity index (χ0) is 20.1. The van der Waals surface area contributed by atoms with Crippen LogP contribution in [0.4, 0.5) is 0 Å². The molecule has 29 heavy (non-hydrogen) atoms. The fourth-order valence-corrected chi connectivity index (χ4v) is 3.85. The summed E-state index contributed by atoms with van der Waals surface area (Å²) >= 11 is 0. The molecule has 4 rings (SSSR count). The number of piperidine rings is 1. The summed E-state index contributed by atoms with van der Waals surface area (Å²) < 4.78 is 11.7. The zero-order valence-electron chi connectivity index (χ0n) is 16.4. The molecule has 0 aliphatic carbocycles. The van der Waals surface area contributed by atoms with Crippen LogP contribution in [0.25, 0.3) is 0 Å². The number of aromatic nitrogens is 1. The lowest BCUT2D eigenvalue weighted by atomic mass is 9.96. The third-order valence-electron chi connectivity index (χ3n) is 5.48. The number of ether oxygens (including phenoxy) is 2. The fraction of sp³-hybridized carbons (Fsp3) is 0.455. The predicted octanol–water partition coefficient (Wildman–Crippen LogP) is 1.91. The number of rotatable bonds is 6. The summed E-state index contributed by atoms with van der Waals surface area (Å²) in [5.41, 5.74) is 2.03. The fourth-order valence-electron chi connectivity index (χ4n) is 3.85. The topological polar surface area (TPSA) is 83.9 Å². The number of aliphatic hydroxyl groups excluding tert-OH is 1. The van der Waals surface area contributed by atoms with Crippen LogP contribution in [-0.4, -0.2) is 53.7 Å². The van der Waals surface area contributed by atoms with Crippen molar-refractivity contribution in [3.05, 3.63) is 53.7 Å². The van der Waals surface area contributed by atoms with Crippen molar-refractivity contribution in [1.29, 1.82) is 0 Å². The smallest absolute Gasteiger partial charge is 0.257 e. The van der Waals surface area contributed by atoms with Gasteiger partial charge in [-0.1, -0.05) is 24.3 Å². The molecule has 0 unspecified atom stereocenters. The molecule has 2 N–H and O–H groups in total. The maximum Gasteiger partial charge on any atom is 0.257 e. The van der Waals surface area contributed by atoms with Gasteiger partial charge in [0.1, 0.15) is 6.61 Å². The number of benzene rings is 1. The van der Waals surface area contributed by atoms with Crippen LogP contribution in [0.5, 0.6) is 11.6 Å². The van der Waals surface area contributed by atoms with Gasteiger partial charge in [-0.15, -0.1) is 0 Å². The largest absolute Gasteiger partial charge is 0.484 e. The Balaban J connectivity index is 1.41. The number of aliphatic hydroxyl groups is 1. The van der Waals surface area contributed by atoms with Crippen molar-refractivity contribution in [2.24, 2.45) is 5.92 Å². The molecule has 2 aliphatic heterocycles. The van der Waals surface area contributed by atoms with Gasteiger partial charge in [0.25, 0.3) is 5.88 Å². The molecule has 1 fully saturated rings. The Labute approximate surface area is 170 Å². The van der Waals surface area contributed by atoms with Crippen LogP contribution in [0, 0.1) is 5.92 Å². The van der Waals surface area contributed by atoms with E-state index in [1.165, 1.54) is 0 Å². The number of nitrogens with one attached hydrogen (secondary N) is 1. The Hall–Kier alpha value is -2.64. The Morgan fingerprint density at radius 3 is 2.76 bits per heavy atom. The second-order valence-electron chi connectivity index (χ2n) is 7.47. The predicted molar refractivity (Wildman–Crippen MR) is 108 cm³/mol. The molecule has 2 aromatic rings. The lowest BCUT2D eigenvalue weighted by Crippen LogP contribution is -2.41. The summed E-state index contributed by atoms with van der Waals surface area (Å²) in [7, 11) is 0. The summed E-state index contributed by atoms with van der Waals surface area (Å²) in [5, 5.41) is 12.7. The van der Waals surface area contributed by atoms with Gasteiger partial charge in [-0.25, -0.2) is 4.98 Å². The van der Waals surface area contributed by atoms with Gasteiger partial charge in [-0.05, 0) is 49.2 Å². The molecule has 1 atom stereocenters. The van der Waals surface area contributed by atoms with E-state index in [2.05, 4.69) is 10.3 Å². The van der Waals surface area contributed by atoms with Crippen LogP contribution in [0.1, 0.15) is 30.1 Å². The molecular formula is C22H27N3O4. The second kappa shape index (κ2) is 9.24. The van der Waals surface area contributed by atoms with Gasteiger partial charge in [-0.2, -0.15) is 0 Å². The molecule has 1 saturated heterocycles. The Bertz CT molecular complexity index is 821. The van der Waals surface area contributed by atoms with E-state index < -0.39 is 0 Å². The summed E-state index contributed by atoms with van der Waals surface area (Å²) in [6.07, 6.45) is 3.18. The molecule has 7 nitrogen and oxygen atoms in total. The van der Waals surface area contributed by atoms with Crippen LogP contribution in [-0.2, 0) is 11.3 Å². The Morgan fingerprint density at radius 2 is 2.00 bits per heavy atom. The second-order valence-corrected chi connectivity index (χ2v) is 7.47. The summed E-state index contributed by atoms with van der Waals surface area (Å²) in [5.74, 6) is 1.35. The summed E-state index contributed by atoms with van der Waals surface area (Å²) in [4.78, 5) is 18.9. The molecular weight excluding hydrogens is 370 g/mol. The molecule has 0 radical (unpaired) electrons. The molecule has 0 bridgehead atoms. The average molecular weight is 397 g/mol. The van der Waals surface area contributed by atoms with Crippen molar-refractivity contribution in [1.82, 2.24) is 15.2 Å². The quantitative estimate of drug-likeness (QED) is 0.775. The van der Waals surface area contributed by atoms with Crippen molar-refractivity contribution in [3.63, 3.8) is 0 Å². The zero-order valence-corrected chi connectivity index (χ0v) is 16.4. The SMILES string of the molecule is O=C(C1CCNCC1)N(CCO)Cc1ccc([C@H]2COc3cccnc3O2)cc1. The van der Waals surface area contributed by atoms with E-state index in [9.17, 15) is 9.90 Å². The first kappa shape index (κ1) is 19.7.